The molecule has 1 aromatic rings. The van der Waals surface area contributed by atoms with Gasteiger partial charge in [0.15, 0.2) is 0 Å². The highest BCUT2D eigenvalue weighted by Gasteiger charge is 2.42. The number of amides is 1. The van der Waals surface area contributed by atoms with Gasteiger partial charge < -0.3 is 9.80 Å². The molecule has 182 valence electrons. The summed E-state index contributed by atoms with van der Waals surface area (Å²) in [5.74, 6) is 1.12. The number of alkyl halides is 1. The van der Waals surface area contributed by atoms with Crippen LogP contribution >= 0.6 is 23.2 Å². The van der Waals surface area contributed by atoms with Crippen LogP contribution in [0, 0.1) is 5.92 Å². The highest BCUT2D eigenvalue weighted by atomic mass is 35.5. The van der Waals surface area contributed by atoms with Crippen LogP contribution in [0.15, 0.2) is 18.2 Å². The van der Waals surface area contributed by atoms with Crippen molar-refractivity contribution in [3.63, 3.8) is 0 Å². The van der Waals surface area contributed by atoms with Gasteiger partial charge in [-0.05, 0) is 62.3 Å². The lowest BCUT2D eigenvalue weighted by atomic mass is 9.71. The monoisotopic (exact) mass is 495 g/mol. The molecule has 4 nitrogen and oxygen atoms in total. The topological polar surface area (TPSA) is 26.8 Å². The molecule has 7 heteroatoms. The molecule has 0 radical (unpaired) electrons. The number of likely N-dealkylation sites (tertiary alicyclic amines) is 3. The lowest BCUT2D eigenvalue weighted by molar-refractivity contribution is -0.136. The summed E-state index contributed by atoms with van der Waals surface area (Å²) in [6, 6.07) is 6.61. The van der Waals surface area contributed by atoms with Gasteiger partial charge in [0.1, 0.15) is 6.17 Å². The molecule has 3 saturated heterocycles. The Hall–Kier alpha value is -0.880. The summed E-state index contributed by atoms with van der Waals surface area (Å²) in [5.41, 5.74) is 1.13. The number of benzene rings is 1. The Morgan fingerprint density at radius 2 is 1.79 bits per heavy atom. The molecule has 1 atom stereocenters. The smallest absolute Gasteiger partial charge is 0.222 e. The summed E-state index contributed by atoms with van der Waals surface area (Å²) >= 11 is 12.7. The largest absolute Gasteiger partial charge is 0.342 e. The lowest BCUT2D eigenvalue weighted by Gasteiger charge is -2.49. The number of rotatable bonds is 8. The number of hydrogen-bond donors (Lipinski definition) is 0. The van der Waals surface area contributed by atoms with Crippen LogP contribution in [0.5, 0.6) is 0 Å². The Kier molecular flexibility index (Phi) is 7.23. The highest BCUT2D eigenvalue weighted by Crippen LogP contribution is 2.41. The van der Waals surface area contributed by atoms with Gasteiger partial charge >= 0.3 is 0 Å². The van der Waals surface area contributed by atoms with Crippen LogP contribution in [0.4, 0.5) is 4.39 Å². The van der Waals surface area contributed by atoms with E-state index in [4.69, 9.17) is 23.2 Å². The molecule has 1 saturated carbocycles. The molecule has 3 heterocycles. The number of carbonyl (C=O) groups excluding carboxylic acids is 1. The molecule has 0 aromatic heterocycles. The maximum Gasteiger partial charge on any atom is 0.222 e. The minimum Gasteiger partial charge on any atom is -0.342 e. The van der Waals surface area contributed by atoms with E-state index in [1.807, 2.05) is 12.1 Å². The van der Waals surface area contributed by atoms with Crippen molar-refractivity contribution in [1.29, 1.82) is 0 Å². The second kappa shape index (κ2) is 10.0. The molecule has 4 aliphatic rings. The summed E-state index contributed by atoms with van der Waals surface area (Å²) in [5, 5.41) is 1.17. The van der Waals surface area contributed by atoms with Crippen LogP contribution in [-0.4, -0.2) is 78.6 Å². The van der Waals surface area contributed by atoms with Crippen LogP contribution in [0.3, 0.4) is 0 Å². The number of halogens is 3. The minimum atomic E-state index is -0.611. The van der Waals surface area contributed by atoms with Gasteiger partial charge in [0.2, 0.25) is 5.91 Å². The zero-order valence-corrected chi connectivity index (χ0v) is 21.0. The highest BCUT2D eigenvalue weighted by molar-refractivity contribution is 6.42. The third kappa shape index (κ3) is 5.52. The third-order valence-corrected chi connectivity index (χ3v) is 9.26. The fraction of sp³-hybridized carbons (Fsp3) is 0.731. The third-order valence-electron chi connectivity index (χ3n) is 8.52. The van der Waals surface area contributed by atoms with Crippen molar-refractivity contribution in [2.45, 2.75) is 69.0 Å². The number of hydrogen-bond acceptors (Lipinski definition) is 3. The molecule has 0 unspecified atom stereocenters. The molecule has 33 heavy (non-hydrogen) atoms. The van der Waals surface area contributed by atoms with Crippen molar-refractivity contribution in [1.82, 2.24) is 14.7 Å². The van der Waals surface area contributed by atoms with Gasteiger partial charge in [-0.2, -0.15) is 0 Å². The van der Waals surface area contributed by atoms with Crippen LogP contribution in [-0.2, 0) is 10.2 Å². The Morgan fingerprint density at radius 1 is 1.03 bits per heavy atom. The van der Waals surface area contributed by atoms with Crippen molar-refractivity contribution in [3.05, 3.63) is 33.8 Å². The van der Waals surface area contributed by atoms with Crippen molar-refractivity contribution in [2.75, 3.05) is 45.8 Å². The summed E-state index contributed by atoms with van der Waals surface area (Å²) < 4.78 is 13.5. The van der Waals surface area contributed by atoms with Crippen LogP contribution in [0.2, 0.25) is 10.0 Å². The fourth-order valence-corrected chi connectivity index (χ4v) is 6.26. The van der Waals surface area contributed by atoms with Crippen molar-refractivity contribution < 1.29 is 9.18 Å². The standard InChI is InChI=1S/C26H36Cl2FN3O/c27-23-4-3-20(15-24(23)28)26(9-5-25(33)32(18-26)11-6-19-1-2-19)10-14-30-16-22(17-30)31-12-7-21(29)8-13-31/h3-4,15,19,21-22H,1-2,5-14,16-18H2/t26-/m1/s1. The summed E-state index contributed by atoms with van der Waals surface area (Å²) in [6.07, 6.45) is 7.00. The quantitative estimate of drug-likeness (QED) is 0.498. The van der Waals surface area contributed by atoms with Gasteiger partial charge in [-0.25, -0.2) is 4.39 Å². The first-order valence-corrected chi connectivity index (χ1v) is 13.5. The zero-order valence-electron chi connectivity index (χ0n) is 19.5. The molecule has 5 rings (SSSR count). The van der Waals surface area contributed by atoms with E-state index in [1.54, 1.807) is 0 Å². The summed E-state index contributed by atoms with van der Waals surface area (Å²) in [6.45, 7) is 6.59. The van der Waals surface area contributed by atoms with Gasteiger partial charge in [-0.3, -0.25) is 9.69 Å². The van der Waals surface area contributed by atoms with Gasteiger partial charge in [0, 0.05) is 57.1 Å². The van der Waals surface area contributed by atoms with Crippen molar-refractivity contribution >= 4 is 29.1 Å². The molecular weight excluding hydrogens is 460 g/mol. The second-order valence-electron chi connectivity index (χ2n) is 10.8. The van der Waals surface area contributed by atoms with Gasteiger partial charge in [0.25, 0.3) is 0 Å². The number of piperidine rings is 2. The van der Waals surface area contributed by atoms with Gasteiger partial charge in [-0.1, -0.05) is 42.1 Å². The predicted octanol–water partition coefficient (Wildman–Crippen LogP) is 5.16. The molecule has 1 amide bonds. The Balaban J connectivity index is 1.24. The Labute approximate surface area is 207 Å². The molecule has 4 fully saturated rings. The normalized spacial score (nSPS) is 28.3. The van der Waals surface area contributed by atoms with Crippen molar-refractivity contribution in [3.8, 4) is 0 Å². The molecule has 3 aliphatic heterocycles. The molecule has 1 aromatic carbocycles. The van der Waals surface area contributed by atoms with E-state index in [9.17, 15) is 9.18 Å². The lowest BCUT2D eigenvalue weighted by Crippen LogP contribution is -2.61. The summed E-state index contributed by atoms with van der Waals surface area (Å²) in [4.78, 5) is 19.9. The van der Waals surface area contributed by atoms with Gasteiger partial charge in [-0.15, -0.1) is 0 Å². The first kappa shape index (κ1) is 23.8. The zero-order chi connectivity index (χ0) is 23.0. The minimum absolute atomic E-state index is 0.0800. The van der Waals surface area contributed by atoms with E-state index < -0.39 is 6.17 Å². The van der Waals surface area contributed by atoms with E-state index >= 15 is 0 Å². The maximum atomic E-state index is 13.5. The van der Waals surface area contributed by atoms with E-state index in [-0.39, 0.29) is 5.41 Å². The average Bonchev–Trinajstić information content (AvgIpc) is 3.60. The van der Waals surface area contributed by atoms with Gasteiger partial charge in [0.05, 0.1) is 10.0 Å². The van der Waals surface area contributed by atoms with E-state index in [2.05, 4.69) is 20.8 Å². The number of carbonyl (C=O) groups is 1. The fourth-order valence-electron chi connectivity index (χ4n) is 5.96. The van der Waals surface area contributed by atoms with Crippen molar-refractivity contribution in [2.24, 2.45) is 5.92 Å². The molecule has 0 N–H and O–H groups in total. The first-order chi connectivity index (χ1) is 15.9. The summed E-state index contributed by atoms with van der Waals surface area (Å²) in [7, 11) is 0. The number of nitrogens with zero attached hydrogens (tertiary/aromatic N) is 3. The molecule has 1 aliphatic carbocycles. The Morgan fingerprint density at radius 3 is 2.48 bits per heavy atom. The first-order valence-electron chi connectivity index (χ1n) is 12.8. The molecule has 0 spiro atoms. The molecular formula is C26H36Cl2FN3O. The van der Waals surface area contributed by atoms with E-state index in [1.165, 1.54) is 18.4 Å². The van der Waals surface area contributed by atoms with E-state index in [0.29, 0.717) is 41.3 Å². The Bertz CT molecular complexity index is 852. The van der Waals surface area contributed by atoms with Crippen LogP contribution in [0.1, 0.15) is 56.9 Å². The van der Waals surface area contributed by atoms with E-state index in [0.717, 1.165) is 71.0 Å². The second-order valence-corrected chi connectivity index (χ2v) is 11.6. The van der Waals surface area contributed by atoms with Crippen LogP contribution in [0.25, 0.3) is 0 Å². The SMILES string of the molecule is O=C1CC[C@](CCN2CC(N3CCC(F)CC3)C2)(c2ccc(Cl)c(Cl)c2)CN1CCC1CC1. The average molecular weight is 496 g/mol. The molecule has 0 bridgehead atoms. The predicted molar refractivity (Wildman–Crippen MR) is 132 cm³/mol. The maximum absolute atomic E-state index is 13.5. The van der Waals surface area contributed by atoms with Crippen LogP contribution < -0.4 is 0 Å².